The molecular weight excluding hydrogens is 715 g/mol. The molecule has 0 heterocycles. The van der Waals surface area contributed by atoms with E-state index in [9.17, 15) is 19.4 Å². The van der Waals surface area contributed by atoms with Crippen molar-refractivity contribution >= 4 is 13.8 Å². The third kappa shape index (κ3) is 42.1. The predicted molar refractivity (Wildman–Crippen MR) is 228 cm³/mol. The molecule has 0 aliphatic heterocycles. The van der Waals surface area contributed by atoms with E-state index in [0.29, 0.717) is 6.61 Å². The first-order chi connectivity index (χ1) is 26.8. The van der Waals surface area contributed by atoms with Crippen LogP contribution in [0.15, 0.2) is 36.5 Å². The van der Waals surface area contributed by atoms with Gasteiger partial charge < -0.3 is 24.6 Å². The van der Waals surface area contributed by atoms with E-state index in [2.05, 4.69) is 50.3 Å². The number of hydrogen-bond acceptors (Lipinski definition) is 8. The normalized spacial score (nSPS) is 14.3. The Morgan fingerprint density at radius 1 is 0.564 bits per heavy atom. The fourth-order valence-electron chi connectivity index (χ4n) is 6.09. The highest BCUT2D eigenvalue weighted by Gasteiger charge is 2.26. The number of carbonyl (C=O) groups is 1. The molecule has 0 aliphatic rings. The van der Waals surface area contributed by atoms with Crippen molar-refractivity contribution in [3.8, 4) is 0 Å². The van der Waals surface area contributed by atoms with Crippen LogP contribution >= 0.6 is 7.82 Å². The minimum absolute atomic E-state index is 0.0449. The Morgan fingerprint density at radius 3 is 1.51 bits per heavy atom. The van der Waals surface area contributed by atoms with Gasteiger partial charge in [0.25, 0.3) is 0 Å². The molecule has 3 N–H and O–H groups in total. The first-order valence-corrected chi connectivity index (χ1v) is 24.0. The van der Waals surface area contributed by atoms with Crippen LogP contribution in [0.1, 0.15) is 200 Å². The summed E-state index contributed by atoms with van der Waals surface area (Å²) in [6, 6.07) is 0. The van der Waals surface area contributed by atoms with Crippen LogP contribution in [0, 0.1) is 0 Å². The Balaban J connectivity index is 4.13. The van der Waals surface area contributed by atoms with E-state index in [0.717, 1.165) is 64.2 Å². The molecule has 0 spiro atoms. The van der Waals surface area contributed by atoms with Crippen LogP contribution in [-0.2, 0) is 27.9 Å². The van der Waals surface area contributed by atoms with Crippen molar-refractivity contribution in [3.63, 3.8) is 0 Å². The number of carbonyl (C=O) groups excluding carboxylic acids is 1. The van der Waals surface area contributed by atoms with Gasteiger partial charge in [0, 0.05) is 13.0 Å². The van der Waals surface area contributed by atoms with E-state index >= 15 is 0 Å². The summed E-state index contributed by atoms with van der Waals surface area (Å²) in [5, 5.41) is 18.3. The molecule has 0 saturated carbocycles. The summed E-state index contributed by atoms with van der Waals surface area (Å²) < 4.78 is 33.4. The number of allylic oxidation sites excluding steroid dienone is 6. The topological polar surface area (TPSA) is 132 Å². The molecule has 3 unspecified atom stereocenters. The molecule has 0 aromatic heterocycles. The third-order valence-corrected chi connectivity index (χ3v) is 10.5. The Morgan fingerprint density at radius 2 is 0.982 bits per heavy atom. The van der Waals surface area contributed by atoms with E-state index in [1.54, 1.807) is 0 Å². The van der Waals surface area contributed by atoms with Gasteiger partial charge in [-0.1, -0.05) is 159 Å². The predicted octanol–water partition coefficient (Wildman–Crippen LogP) is 12.4. The van der Waals surface area contributed by atoms with Gasteiger partial charge in [-0.25, -0.2) is 4.57 Å². The largest absolute Gasteiger partial charge is 0.472 e. The number of aliphatic hydroxyl groups is 2. The molecule has 0 radical (unpaired) electrons. The quantitative estimate of drug-likeness (QED) is 0.0239. The number of rotatable bonds is 43. The molecule has 0 bridgehead atoms. The van der Waals surface area contributed by atoms with Crippen molar-refractivity contribution in [2.45, 2.75) is 212 Å². The zero-order valence-corrected chi connectivity index (χ0v) is 36.3. The van der Waals surface area contributed by atoms with Gasteiger partial charge in [0.1, 0.15) is 12.2 Å². The van der Waals surface area contributed by atoms with Gasteiger partial charge in [0.05, 0.1) is 26.4 Å². The standard InChI is InChI=1S/C45H85O9P/c1-3-5-7-9-11-13-15-17-19-20-21-22-23-24-26-28-30-32-34-36-38-51-41-44(42-53-55(49,50)52-40-43(47)39-46)54-45(48)37-35-33-31-29-27-25-18-16-14-12-10-8-6-4-2/h11,13,16-19,43-44,46-47H,3-10,12,14-15,20-42H2,1-2H3,(H,49,50)/b13-11-,18-16-,19-17-. The molecule has 10 heteroatoms. The summed E-state index contributed by atoms with van der Waals surface area (Å²) >= 11 is 0. The Labute approximate surface area is 337 Å². The van der Waals surface area contributed by atoms with Crippen molar-refractivity contribution in [2.24, 2.45) is 0 Å². The molecule has 0 fully saturated rings. The molecule has 324 valence electrons. The molecular formula is C45H85O9P. The molecule has 0 rings (SSSR count). The third-order valence-electron chi connectivity index (χ3n) is 9.55. The number of hydrogen-bond donors (Lipinski definition) is 3. The molecule has 0 aromatic carbocycles. The van der Waals surface area contributed by atoms with E-state index in [1.165, 1.54) is 116 Å². The van der Waals surface area contributed by atoms with E-state index in [4.69, 9.17) is 23.6 Å². The average molecular weight is 801 g/mol. The summed E-state index contributed by atoms with van der Waals surface area (Å²) in [5.74, 6) is -0.392. The number of ether oxygens (including phenoxy) is 2. The molecule has 0 amide bonds. The zero-order valence-electron chi connectivity index (χ0n) is 35.4. The molecule has 3 atom stereocenters. The Bertz CT molecular complexity index is 955. The first-order valence-electron chi connectivity index (χ1n) is 22.5. The van der Waals surface area contributed by atoms with Crippen LogP contribution in [0.5, 0.6) is 0 Å². The zero-order chi connectivity index (χ0) is 40.3. The maximum Gasteiger partial charge on any atom is 0.472 e. The van der Waals surface area contributed by atoms with Gasteiger partial charge in [-0.3, -0.25) is 13.8 Å². The smallest absolute Gasteiger partial charge is 0.457 e. The lowest BCUT2D eigenvalue weighted by molar-refractivity contribution is -0.154. The molecule has 55 heavy (non-hydrogen) atoms. The van der Waals surface area contributed by atoms with Gasteiger partial charge in [0.2, 0.25) is 0 Å². The summed E-state index contributed by atoms with van der Waals surface area (Å²) in [5.41, 5.74) is 0. The van der Waals surface area contributed by atoms with Crippen molar-refractivity contribution in [1.29, 1.82) is 0 Å². The molecule has 0 aliphatic carbocycles. The van der Waals surface area contributed by atoms with Crippen molar-refractivity contribution in [2.75, 3.05) is 33.0 Å². The minimum Gasteiger partial charge on any atom is -0.457 e. The van der Waals surface area contributed by atoms with Gasteiger partial charge in [-0.05, 0) is 70.6 Å². The van der Waals surface area contributed by atoms with Crippen LogP contribution in [0.3, 0.4) is 0 Å². The van der Waals surface area contributed by atoms with Crippen LogP contribution in [0.2, 0.25) is 0 Å². The summed E-state index contributed by atoms with van der Waals surface area (Å²) in [6.07, 6.45) is 45.3. The maximum atomic E-state index is 12.6. The molecule has 0 aromatic rings. The molecule has 9 nitrogen and oxygen atoms in total. The van der Waals surface area contributed by atoms with Gasteiger partial charge in [-0.15, -0.1) is 0 Å². The van der Waals surface area contributed by atoms with Crippen molar-refractivity contribution in [1.82, 2.24) is 0 Å². The van der Waals surface area contributed by atoms with Crippen LogP contribution < -0.4 is 0 Å². The monoisotopic (exact) mass is 801 g/mol. The fraction of sp³-hybridized carbons (Fsp3) is 0.844. The summed E-state index contributed by atoms with van der Waals surface area (Å²) in [6.45, 7) is 3.48. The Hall–Kier alpha value is -1.32. The second-order valence-electron chi connectivity index (χ2n) is 15.1. The van der Waals surface area contributed by atoms with E-state index in [-0.39, 0.29) is 19.6 Å². The maximum absolute atomic E-state index is 12.6. The van der Waals surface area contributed by atoms with Crippen LogP contribution in [0.4, 0.5) is 0 Å². The summed E-state index contributed by atoms with van der Waals surface area (Å²) in [4.78, 5) is 22.6. The minimum atomic E-state index is -4.52. The lowest BCUT2D eigenvalue weighted by Crippen LogP contribution is -2.29. The number of unbranched alkanes of at least 4 members (excludes halogenated alkanes) is 23. The number of phosphoric ester groups is 1. The van der Waals surface area contributed by atoms with Gasteiger partial charge in [-0.2, -0.15) is 0 Å². The van der Waals surface area contributed by atoms with E-state index in [1.807, 2.05) is 0 Å². The highest BCUT2D eigenvalue weighted by molar-refractivity contribution is 7.47. The SMILES string of the molecule is CCCCC/C=C\C/C=C\CCCCCCCCCCCCOCC(COP(=O)(O)OCC(O)CO)OC(=O)CCCCCCC/C=C\CCCCCCC. The highest BCUT2D eigenvalue weighted by Crippen LogP contribution is 2.43. The number of phosphoric acid groups is 1. The van der Waals surface area contributed by atoms with Crippen molar-refractivity contribution < 1.29 is 43.0 Å². The fourth-order valence-corrected chi connectivity index (χ4v) is 6.88. The van der Waals surface area contributed by atoms with Gasteiger partial charge >= 0.3 is 13.8 Å². The second kappa shape index (κ2) is 42.3. The highest BCUT2D eigenvalue weighted by atomic mass is 31.2. The number of esters is 1. The lowest BCUT2D eigenvalue weighted by Gasteiger charge is -2.20. The van der Waals surface area contributed by atoms with Gasteiger partial charge in [0.15, 0.2) is 0 Å². The van der Waals surface area contributed by atoms with Crippen LogP contribution in [0.25, 0.3) is 0 Å². The lowest BCUT2D eigenvalue weighted by atomic mass is 10.1. The first kappa shape index (κ1) is 53.7. The number of aliphatic hydroxyl groups excluding tert-OH is 2. The van der Waals surface area contributed by atoms with E-state index < -0.39 is 39.2 Å². The summed E-state index contributed by atoms with van der Waals surface area (Å²) in [7, 11) is -4.52. The average Bonchev–Trinajstić information content (AvgIpc) is 3.18. The second-order valence-corrected chi connectivity index (χ2v) is 16.5. The Kier molecular flexibility index (Phi) is 41.3. The molecule has 0 saturated heterocycles. The van der Waals surface area contributed by atoms with Crippen molar-refractivity contribution in [3.05, 3.63) is 36.5 Å². The van der Waals surface area contributed by atoms with Crippen LogP contribution in [-0.4, -0.2) is 66.3 Å².